The zero-order valence-electron chi connectivity index (χ0n) is 10.2. The van der Waals surface area contributed by atoms with Crippen LogP contribution in [0.4, 0.5) is 4.79 Å². The number of alkyl carbamates (subject to hydrolysis) is 1. The zero-order valence-corrected chi connectivity index (χ0v) is 10.2. The Hall–Kier alpha value is -0.770. The molecule has 0 unspecified atom stereocenters. The lowest BCUT2D eigenvalue weighted by Crippen LogP contribution is -2.45. The standard InChI is InChI=1S/C11H22N2O2/c1-11(2,3)15-10(14)12-9-5-7-13(4)8-6-9/h9H,5-8H2,1-4H3,(H,12,14). The first-order valence-electron chi connectivity index (χ1n) is 5.55. The van der Waals surface area contributed by atoms with Gasteiger partial charge in [0.1, 0.15) is 5.60 Å². The van der Waals surface area contributed by atoms with Gasteiger partial charge >= 0.3 is 6.09 Å². The van der Waals surface area contributed by atoms with Gasteiger partial charge in [-0.15, -0.1) is 0 Å². The fourth-order valence-electron chi connectivity index (χ4n) is 1.63. The minimum Gasteiger partial charge on any atom is -0.444 e. The second-order valence-corrected chi connectivity index (χ2v) is 5.22. The third-order valence-electron chi connectivity index (χ3n) is 2.44. The van der Waals surface area contributed by atoms with E-state index in [9.17, 15) is 4.79 Å². The Morgan fingerprint density at radius 1 is 1.33 bits per heavy atom. The average molecular weight is 214 g/mol. The molecular weight excluding hydrogens is 192 g/mol. The molecule has 0 aromatic rings. The third kappa shape index (κ3) is 5.02. The van der Waals surface area contributed by atoms with Crippen LogP contribution in [-0.2, 0) is 4.74 Å². The Kier molecular flexibility index (Phi) is 3.97. The molecule has 4 heteroatoms. The van der Waals surface area contributed by atoms with Crippen molar-refractivity contribution in [2.24, 2.45) is 0 Å². The van der Waals surface area contributed by atoms with Crippen molar-refractivity contribution in [3.05, 3.63) is 0 Å². The van der Waals surface area contributed by atoms with Crippen LogP contribution in [0.5, 0.6) is 0 Å². The summed E-state index contributed by atoms with van der Waals surface area (Å²) in [6.45, 7) is 7.71. The van der Waals surface area contributed by atoms with Crippen molar-refractivity contribution in [1.82, 2.24) is 10.2 Å². The second-order valence-electron chi connectivity index (χ2n) is 5.22. The molecule has 0 saturated carbocycles. The lowest BCUT2D eigenvalue weighted by molar-refractivity contribution is 0.0483. The van der Waals surface area contributed by atoms with Crippen molar-refractivity contribution in [3.8, 4) is 0 Å². The molecule has 0 radical (unpaired) electrons. The number of carbonyl (C=O) groups excluding carboxylic acids is 1. The molecule has 1 N–H and O–H groups in total. The molecule has 0 aromatic heterocycles. The molecule has 1 heterocycles. The van der Waals surface area contributed by atoms with Gasteiger partial charge in [-0.1, -0.05) is 0 Å². The molecule has 1 rings (SSSR count). The Morgan fingerprint density at radius 2 is 1.87 bits per heavy atom. The molecule has 1 aliphatic heterocycles. The van der Waals surface area contributed by atoms with Crippen LogP contribution in [0.15, 0.2) is 0 Å². The predicted octanol–water partition coefficient (Wildman–Crippen LogP) is 1.61. The van der Waals surface area contributed by atoms with Gasteiger partial charge in [0.15, 0.2) is 0 Å². The van der Waals surface area contributed by atoms with Crippen LogP contribution < -0.4 is 5.32 Å². The summed E-state index contributed by atoms with van der Waals surface area (Å²) < 4.78 is 5.20. The van der Waals surface area contributed by atoms with Crippen LogP contribution in [0.25, 0.3) is 0 Å². The van der Waals surface area contributed by atoms with E-state index in [2.05, 4.69) is 17.3 Å². The summed E-state index contributed by atoms with van der Waals surface area (Å²) in [6.07, 6.45) is 1.72. The summed E-state index contributed by atoms with van der Waals surface area (Å²) in [4.78, 5) is 13.7. The number of ether oxygens (including phenoxy) is 1. The molecule has 0 bridgehead atoms. The number of carbonyl (C=O) groups is 1. The monoisotopic (exact) mass is 214 g/mol. The van der Waals surface area contributed by atoms with Gasteiger partial charge in [0, 0.05) is 6.04 Å². The van der Waals surface area contributed by atoms with Crippen molar-refractivity contribution in [2.45, 2.75) is 45.3 Å². The van der Waals surface area contributed by atoms with Crippen molar-refractivity contribution in [3.63, 3.8) is 0 Å². The lowest BCUT2D eigenvalue weighted by atomic mass is 10.1. The van der Waals surface area contributed by atoms with E-state index in [-0.39, 0.29) is 12.1 Å². The predicted molar refractivity (Wildman–Crippen MR) is 59.9 cm³/mol. The van der Waals surface area contributed by atoms with Gasteiger partial charge < -0.3 is 15.0 Å². The van der Waals surface area contributed by atoms with E-state index in [0.29, 0.717) is 0 Å². The summed E-state index contributed by atoms with van der Waals surface area (Å²) >= 11 is 0. The van der Waals surface area contributed by atoms with Crippen LogP contribution >= 0.6 is 0 Å². The van der Waals surface area contributed by atoms with Crippen molar-refractivity contribution < 1.29 is 9.53 Å². The Labute approximate surface area is 92.0 Å². The topological polar surface area (TPSA) is 41.6 Å². The fraction of sp³-hybridized carbons (Fsp3) is 0.909. The smallest absolute Gasteiger partial charge is 0.407 e. The summed E-state index contributed by atoms with van der Waals surface area (Å²) in [5, 5.41) is 2.91. The largest absolute Gasteiger partial charge is 0.444 e. The minimum atomic E-state index is -0.407. The molecule has 0 spiro atoms. The molecule has 4 nitrogen and oxygen atoms in total. The van der Waals surface area contributed by atoms with E-state index in [1.165, 1.54) is 0 Å². The maximum atomic E-state index is 11.5. The molecule has 0 aliphatic carbocycles. The van der Waals surface area contributed by atoms with Gasteiger partial charge in [0.05, 0.1) is 0 Å². The van der Waals surface area contributed by atoms with E-state index in [0.717, 1.165) is 25.9 Å². The van der Waals surface area contributed by atoms with Crippen molar-refractivity contribution in [2.75, 3.05) is 20.1 Å². The van der Waals surface area contributed by atoms with Crippen molar-refractivity contribution >= 4 is 6.09 Å². The minimum absolute atomic E-state index is 0.274. The quantitative estimate of drug-likeness (QED) is 0.721. The molecular formula is C11H22N2O2. The molecule has 88 valence electrons. The van der Waals surface area contributed by atoms with E-state index < -0.39 is 5.60 Å². The lowest BCUT2D eigenvalue weighted by Gasteiger charge is -2.30. The first kappa shape index (κ1) is 12.3. The Morgan fingerprint density at radius 3 is 2.33 bits per heavy atom. The number of nitrogens with one attached hydrogen (secondary N) is 1. The highest BCUT2D eigenvalue weighted by molar-refractivity contribution is 5.68. The van der Waals surface area contributed by atoms with Gasteiger partial charge in [-0.05, 0) is 53.8 Å². The van der Waals surface area contributed by atoms with Gasteiger partial charge in [-0.25, -0.2) is 4.79 Å². The second kappa shape index (κ2) is 4.84. The van der Waals surface area contributed by atoms with Gasteiger partial charge in [0.25, 0.3) is 0 Å². The zero-order chi connectivity index (χ0) is 11.5. The van der Waals surface area contributed by atoms with Crippen LogP contribution in [0.3, 0.4) is 0 Å². The van der Waals surface area contributed by atoms with Crippen LogP contribution in [-0.4, -0.2) is 42.8 Å². The molecule has 0 atom stereocenters. The summed E-state index contributed by atoms with van der Waals surface area (Å²) in [5.74, 6) is 0. The number of nitrogens with zero attached hydrogens (tertiary/aromatic N) is 1. The maximum absolute atomic E-state index is 11.5. The number of likely N-dealkylation sites (tertiary alicyclic amines) is 1. The summed E-state index contributed by atoms with van der Waals surface area (Å²) in [6, 6.07) is 0.274. The highest BCUT2D eigenvalue weighted by Crippen LogP contribution is 2.11. The van der Waals surface area contributed by atoms with Crippen LogP contribution in [0.1, 0.15) is 33.6 Å². The summed E-state index contributed by atoms with van der Waals surface area (Å²) in [7, 11) is 2.10. The highest BCUT2D eigenvalue weighted by atomic mass is 16.6. The molecule has 15 heavy (non-hydrogen) atoms. The van der Waals surface area contributed by atoms with E-state index in [4.69, 9.17) is 4.74 Å². The van der Waals surface area contributed by atoms with Gasteiger partial charge in [-0.2, -0.15) is 0 Å². The molecule has 1 amide bonds. The maximum Gasteiger partial charge on any atom is 0.407 e. The van der Waals surface area contributed by atoms with Crippen LogP contribution in [0.2, 0.25) is 0 Å². The normalized spacial score (nSPS) is 20.0. The number of amides is 1. The first-order valence-corrected chi connectivity index (χ1v) is 5.55. The van der Waals surface area contributed by atoms with Crippen molar-refractivity contribution in [1.29, 1.82) is 0 Å². The fourth-order valence-corrected chi connectivity index (χ4v) is 1.63. The number of hydrogen-bond acceptors (Lipinski definition) is 3. The summed E-state index contributed by atoms with van der Waals surface area (Å²) in [5.41, 5.74) is -0.407. The third-order valence-corrected chi connectivity index (χ3v) is 2.44. The number of rotatable bonds is 1. The Bertz CT molecular complexity index is 215. The Balaban J connectivity index is 2.27. The SMILES string of the molecule is CN1CCC(NC(=O)OC(C)(C)C)CC1. The van der Waals surface area contributed by atoms with Gasteiger partial charge in [-0.3, -0.25) is 0 Å². The number of hydrogen-bond donors (Lipinski definition) is 1. The molecule has 1 fully saturated rings. The molecule has 0 aromatic carbocycles. The van der Waals surface area contributed by atoms with E-state index >= 15 is 0 Å². The molecule has 1 saturated heterocycles. The van der Waals surface area contributed by atoms with E-state index in [1.807, 2.05) is 20.8 Å². The highest BCUT2D eigenvalue weighted by Gasteiger charge is 2.21. The molecule has 1 aliphatic rings. The average Bonchev–Trinajstić information content (AvgIpc) is 2.05. The van der Waals surface area contributed by atoms with Gasteiger partial charge in [0.2, 0.25) is 0 Å². The van der Waals surface area contributed by atoms with Crippen LogP contribution in [0, 0.1) is 0 Å². The number of piperidine rings is 1. The van der Waals surface area contributed by atoms with E-state index in [1.54, 1.807) is 0 Å². The first-order chi connectivity index (χ1) is 6.87.